The van der Waals surface area contributed by atoms with Gasteiger partial charge in [0.15, 0.2) is 5.82 Å². The predicted octanol–water partition coefficient (Wildman–Crippen LogP) is 2.72. The van der Waals surface area contributed by atoms with Crippen molar-refractivity contribution in [2.75, 3.05) is 5.32 Å². The fraction of sp³-hybridized carbons (Fsp3) is 0.0667. The van der Waals surface area contributed by atoms with E-state index in [0.29, 0.717) is 16.5 Å². The first-order chi connectivity index (χ1) is 11.5. The summed E-state index contributed by atoms with van der Waals surface area (Å²) in [5.41, 5.74) is 0.458. The number of hydrogen-bond donors (Lipinski definition) is 2. The molecule has 3 aromatic rings. The minimum atomic E-state index is -0.560. The number of phenolic OH excluding ortho intramolecular Hbond substituents is 1. The molecule has 3 rings (SSSR count). The van der Waals surface area contributed by atoms with Gasteiger partial charge in [0.1, 0.15) is 17.3 Å². The molecule has 2 N–H and O–H groups in total. The van der Waals surface area contributed by atoms with Gasteiger partial charge in [-0.3, -0.25) is 4.79 Å². The quantitative estimate of drug-likeness (QED) is 0.760. The van der Waals surface area contributed by atoms with Crippen LogP contribution < -0.4 is 5.32 Å². The van der Waals surface area contributed by atoms with Crippen molar-refractivity contribution in [1.29, 1.82) is 0 Å². The molecule has 122 valence electrons. The molecule has 2 aromatic carbocycles. The van der Waals surface area contributed by atoms with Gasteiger partial charge in [-0.2, -0.15) is 4.68 Å². The largest absolute Gasteiger partial charge is 0.507 e. The molecule has 0 aliphatic rings. The van der Waals surface area contributed by atoms with Gasteiger partial charge in [0.25, 0.3) is 5.91 Å². The van der Waals surface area contributed by atoms with E-state index in [-0.39, 0.29) is 17.0 Å². The van der Waals surface area contributed by atoms with E-state index in [2.05, 4.69) is 20.8 Å². The van der Waals surface area contributed by atoms with Gasteiger partial charge in [-0.15, -0.1) is 5.10 Å². The van der Waals surface area contributed by atoms with Gasteiger partial charge in [0, 0.05) is 10.7 Å². The number of nitrogens with zero attached hydrogens (tertiary/aromatic N) is 4. The highest BCUT2D eigenvalue weighted by molar-refractivity contribution is 6.31. The molecule has 0 radical (unpaired) electrons. The Hall–Kier alpha value is -3.00. The van der Waals surface area contributed by atoms with Crippen LogP contribution in [0.4, 0.5) is 10.1 Å². The maximum absolute atomic E-state index is 14.0. The summed E-state index contributed by atoms with van der Waals surface area (Å²) < 4.78 is 15.2. The zero-order valence-corrected chi connectivity index (χ0v) is 13.1. The lowest BCUT2D eigenvalue weighted by Gasteiger charge is -2.10. The third-order valence-electron chi connectivity index (χ3n) is 3.26. The fourth-order valence-electron chi connectivity index (χ4n) is 2.10. The third kappa shape index (κ3) is 3.04. The Bertz CT molecular complexity index is 928. The Morgan fingerprint density at radius 3 is 2.75 bits per heavy atom. The molecule has 24 heavy (non-hydrogen) atoms. The lowest BCUT2D eigenvalue weighted by Crippen LogP contribution is -2.13. The predicted molar refractivity (Wildman–Crippen MR) is 84.9 cm³/mol. The summed E-state index contributed by atoms with van der Waals surface area (Å²) in [5.74, 6) is -0.959. The zero-order valence-electron chi connectivity index (χ0n) is 12.4. The number of rotatable bonds is 3. The van der Waals surface area contributed by atoms with Crippen molar-refractivity contribution in [2.24, 2.45) is 0 Å². The minimum Gasteiger partial charge on any atom is -0.507 e. The molecular formula is C15H11ClFN5O2. The van der Waals surface area contributed by atoms with Crippen LogP contribution in [0.25, 0.3) is 5.69 Å². The van der Waals surface area contributed by atoms with E-state index in [4.69, 9.17) is 11.6 Å². The fourth-order valence-corrected chi connectivity index (χ4v) is 2.27. The summed E-state index contributed by atoms with van der Waals surface area (Å²) in [6, 6.07) is 8.11. The van der Waals surface area contributed by atoms with Crippen molar-refractivity contribution in [3.63, 3.8) is 0 Å². The summed E-state index contributed by atoms with van der Waals surface area (Å²) in [4.78, 5) is 12.2. The van der Waals surface area contributed by atoms with Crippen molar-refractivity contribution in [3.05, 3.63) is 58.6 Å². The molecule has 1 amide bonds. The highest BCUT2D eigenvalue weighted by Gasteiger charge is 2.14. The normalized spacial score (nSPS) is 10.6. The lowest BCUT2D eigenvalue weighted by atomic mass is 10.1. The van der Waals surface area contributed by atoms with Crippen LogP contribution in [0.15, 0.2) is 36.4 Å². The van der Waals surface area contributed by atoms with E-state index < -0.39 is 11.7 Å². The summed E-state index contributed by atoms with van der Waals surface area (Å²) in [6.45, 7) is 1.62. The Morgan fingerprint density at radius 1 is 1.29 bits per heavy atom. The SMILES string of the molecule is Cc1nnnn1-c1cc(NC(=O)c2ccc(Cl)cc2O)ccc1F. The van der Waals surface area contributed by atoms with Crippen LogP contribution in [0.5, 0.6) is 5.75 Å². The smallest absolute Gasteiger partial charge is 0.259 e. The van der Waals surface area contributed by atoms with Crippen LogP contribution in [-0.2, 0) is 0 Å². The number of anilines is 1. The molecule has 1 heterocycles. The Balaban J connectivity index is 1.91. The molecule has 0 atom stereocenters. The topological polar surface area (TPSA) is 92.9 Å². The summed E-state index contributed by atoms with van der Waals surface area (Å²) >= 11 is 5.74. The number of carbonyl (C=O) groups is 1. The van der Waals surface area contributed by atoms with Gasteiger partial charge in [0.05, 0.1) is 5.56 Å². The van der Waals surface area contributed by atoms with Crippen LogP contribution in [0.1, 0.15) is 16.2 Å². The van der Waals surface area contributed by atoms with Gasteiger partial charge in [-0.25, -0.2) is 4.39 Å². The summed E-state index contributed by atoms with van der Waals surface area (Å²) in [6.07, 6.45) is 0. The number of phenols is 1. The number of amides is 1. The average Bonchev–Trinajstić information content (AvgIpc) is 2.95. The van der Waals surface area contributed by atoms with E-state index in [1.807, 2.05) is 0 Å². The van der Waals surface area contributed by atoms with Crippen molar-refractivity contribution >= 4 is 23.2 Å². The van der Waals surface area contributed by atoms with E-state index in [0.717, 1.165) is 0 Å². The highest BCUT2D eigenvalue weighted by Crippen LogP contribution is 2.24. The second-order valence-corrected chi connectivity index (χ2v) is 5.36. The molecular weight excluding hydrogens is 337 g/mol. The van der Waals surface area contributed by atoms with E-state index in [1.165, 1.54) is 41.1 Å². The molecule has 7 nitrogen and oxygen atoms in total. The van der Waals surface area contributed by atoms with Crippen LogP contribution in [0.2, 0.25) is 5.02 Å². The number of aromatic hydroxyl groups is 1. The van der Waals surface area contributed by atoms with E-state index >= 15 is 0 Å². The molecule has 0 unspecified atom stereocenters. The standard InChI is InChI=1S/C15H11ClFN5O2/c1-8-19-20-21-22(8)13-7-10(3-5-12(13)17)18-15(24)11-4-2-9(16)6-14(11)23/h2-7,23H,1H3,(H,18,24). The number of tetrazole rings is 1. The molecule has 0 aliphatic carbocycles. The van der Waals surface area contributed by atoms with E-state index in [1.54, 1.807) is 6.92 Å². The van der Waals surface area contributed by atoms with Crippen molar-refractivity contribution in [3.8, 4) is 11.4 Å². The third-order valence-corrected chi connectivity index (χ3v) is 3.50. The Kier molecular flexibility index (Phi) is 4.13. The number of carbonyl (C=O) groups excluding carboxylic acids is 1. The second-order valence-electron chi connectivity index (χ2n) is 4.92. The van der Waals surface area contributed by atoms with E-state index in [9.17, 15) is 14.3 Å². The first kappa shape index (κ1) is 15.9. The number of benzene rings is 2. The Morgan fingerprint density at radius 2 is 2.08 bits per heavy atom. The summed E-state index contributed by atoms with van der Waals surface area (Å²) in [7, 11) is 0. The van der Waals surface area contributed by atoms with Crippen molar-refractivity contribution in [1.82, 2.24) is 20.2 Å². The minimum absolute atomic E-state index is 0.0453. The van der Waals surface area contributed by atoms with Gasteiger partial charge < -0.3 is 10.4 Å². The lowest BCUT2D eigenvalue weighted by molar-refractivity contribution is 0.102. The van der Waals surface area contributed by atoms with Gasteiger partial charge in [-0.1, -0.05) is 11.6 Å². The van der Waals surface area contributed by atoms with Crippen LogP contribution in [0.3, 0.4) is 0 Å². The number of hydrogen-bond acceptors (Lipinski definition) is 5. The monoisotopic (exact) mass is 347 g/mol. The van der Waals surface area contributed by atoms with Crippen molar-refractivity contribution in [2.45, 2.75) is 6.92 Å². The van der Waals surface area contributed by atoms with Crippen molar-refractivity contribution < 1.29 is 14.3 Å². The van der Waals surface area contributed by atoms with Crippen LogP contribution in [0, 0.1) is 12.7 Å². The number of nitrogens with one attached hydrogen (secondary N) is 1. The molecule has 0 saturated heterocycles. The molecule has 0 aliphatic heterocycles. The Labute approximate surface area is 140 Å². The van der Waals surface area contributed by atoms with Gasteiger partial charge >= 0.3 is 0 Å². The first-order valence-electron chi connectivity index (χ1n) is 6.80. The van der Waals surface area contributed by atoms with Gasteiger partial charge in [0.2, 0.25) is 0 Å². The number of halogens is 2. The maximum Gasteiger partial charge on any atom is 0.259 e. The first-order valence-corrected chi connectivity index (χ1v) is 7.18. The highest BCUT2D eigenvalue weighted by atomic mass is 35.5. The molecule has 0 fully saturated rings. The molecule has 0 saturated carbocycles. The molecule has 0 bridgehead atoms. The second kappa shape index (κ2) is 6.25. The molecule has 9 heteroatoms. The summed E-state index contributed by atoms with van der Waals surface area (Å²) in [5, 5.41) is 23.5. The van der Waals surface area contributed by atoms with Crippen LogP contribution >= 0.6 is 11.6 Å². The number of aryl methyl sites for hydroxylation is 1. The van der Waals surface area contributed by atoms with Gasteiger partial charge in [-0.05, 0) is 53.7 Å². The molecule has 1 aromatic heterocycles. The number of aromatic nitrogens is 4. The maximum atomic E-state index is 14.0. The zero-order chi connectivity index (χ0) is 17.3. The average molecular weight is 348 g/mol. The van der Waals surface area contributed by atoms with Crippen LogP contribution in [-0.4, -0.2) is 31.2 Å². The molecule has 0 spiro atoms.